The molecule has 0 heterocycles. The molecule has 86 valence electrons. The van der Waals surface area contributed by atoms with E-state index in [-0.39, 0.29) is 0 Å². The van der Waals surface area contributed by atoms with E-state index in [1.807, 2.05) is 12.2 Å². The zero-order valence-corrected chi connectivity index (χ0v) is 10.9. The van der Waals surface area contributed by atoms with Gasteiger partial charge in [0.25, 0.3) is 0 Å². The Kier molecular flexibility index (Phi) is 4.54. The van der Waals surface area contributed by atoms with Crippen LogP contribution in [0.4, 0.5) is 0 Å². The Morgan fingerprint density at radius 3 is 2.69 bits per heavy atom. The number of hydrogen-bond acceptors (Lipinski definition) is 0. The largest absolute Gasteiger partial charge is 0.0991 e. The summed E-state index contributed by atoms with van der Waals surface area (Å²) in [7, 11) is 0. The molecule has 1 aliphatic rings. The van der Waals surface area contributed by atoms with Crippen molar-refractivity contribution < 1.29 is 0 Å². The molecule has 1 atom stereocenters. The van der Waals surface area contributed by atoms with E-state index >= 15 is 0 Å². The van der Waals surface area contributed by atoms with Crippen LogP contribution in [-0.2, 0) is 0 Å². The summed E-state index contributed by atoms with van der Waals surface area (Å²) in [5, 5.41) is 0. The molecular weight excluding hydrogens is 192 g/mol. The SMILES string of the molecule is C=C/C=C\C(C)=C(/C)C1=C(C)C=CCC1C. The quantitative estimate of drug-likeness (QED) is 0.581. The third-order valence-corrected chi connectivity index (χ3v) is 3.25. The van der Waals surface area contributed by atoms with E-state index in [4.69, 9.17) is 0 Å². The molecule has 0 heteroatoms. The van der Waals surface area contributed by atoms with Gasteiger partial charge in [-0.3, -0.25) is 0 Å². The smallest absolute Gasteiger partial charge is 0.0150 e. The van der Waals surface area contributed by atoms with Gasteiger partial charge in [-0.2, -0.15) is 0 Å². The van der Waals surface area contributed by atoms with Crippen molar-refractivity contribution in [2.45, 2.75) is 34.1 Å². The van der Waals surface area contributed by atoms with Gasteiger partial charge in [-0.25, -0.2) is 0 Å². The minimum absolute atomic E-state index is 0.636. The van der Waals surface area contributed by atoms with Crippen LogP contribution in [0, 0.1) is 5.92 Å². The average Bonchev–Trinajstić information content (AvgIpc) is 2.25. The topological polar surface area (TPSA) is 0 Å². The molecule has 0 nitrogen and oxygen atoms in total. The average molecular weight is 214 g/mol. The maximum absolute atomic E-state index is 3.70. The van der Waals surface area contributed by atoms with Crippen LogP contribution in [0.1, 0.15) is 34.1 Å². The summed E-state index contributed by atoms with van der Waals surface area (Å²) >= 11 is 0. The predicted molar refractivity (Wildman–Crippen MR) is 73.3 cm³/mol. The van der Waals surface area contributed by atoms with Gasteiger partial charge in [0.15, 0.2) is 0 Å². The van der Waals surface area contributed by atoms with Gasteiger partial charge < -0.3 is 0 Å². The highest BCUT2D eigenvalue weighted by Crippen LogP contribution is 2.32. The summed E-state index contributed by atoms with van der Waals surface area (Å²) in [6.07, 6.45) is 11.6. The van der Waals surface area contributed by atoms with Crippen LogP contribution in [0.2, 0.25) is 0 Å². The second-order valence-corrected chi connectivity index (χ2v) is 4.54. The molecule has 1 rings (SSSR count). The van der Waals surface area contributed by atoms with Crippen LogP contribution < -0.4 is 0 Å². The second kappa shape index (κ2) is 5.69. The van der Waals surface area contributed by atoms with Crippen molar-refractivity contribution in [3.8, 4) is 0 Å². The molecule has 0 spiro atoms. The van der Waals surface area contributed by atoms with Gasteiger partial charge in [0.1, 0.15) is 0 Å². The third-order valence-electron chi connectivity index (χ3n) is 3.25. The van der Waals surface area contributed by atoms with E-state index in [2.05, 4.69) is 52.5 Å². The van der Waals surface area contributed by atoms with Gasteiger partial charge in [-0.05, 0) is 55.4 Å². The molecular formula is C16H22. The van der Waals surface area contributed by atoms with Gasteiger partial charge in [-0.1, -0.05) is 43.9 Å². The molecule has 0 bridgehead atoms. The van der Waals surface area contributed by atoms with Crippen LogP contribution in [0.25, 0.3) is 0 Å². The molecule has 0 radical (unpaired) electrons. The van der Waals surface area contributed by atoms with E-state index < -0.39 is 0 Å². The Bertz CT molecular complexity index is 386. The van der Waals surface area contributed by atoms with Gasteiger partial charge in [0.2, 0.25) is 0 Å². The molecule has 1 aliphatic carbocycles. The predicted octanol–water partition coefficient (Wildman–Crippen LogP) is 4.98. The van der Waals surface area contributed by atoms with Crippen molar-refractivity contribution >= 4 is 0 Å². The third kappa shape index (κ3) is 2.85. The molecule has 0 fully saturated rings. The fraction of sp³-hybridized carbons (Fsp3) is 0.375. The number of hydrogen-bond donors (Lipinski definition) is 0. The van der Waals surface area contributed by atoms with Crippen LogP contribution in [0.3, 0.4) is 0 Å². The molecule has 0 saturated heterocycles. The Balaban J connectivity index is 3.12. The van der Waals surface area contributed by atoms with Crippen LogP contribution in [0.15, 0.2) is 59.3 Å². The lowest BCUT2D eigenvalue weighted by molar-refractivity contribution is 0.684. The van der Waals surface area contributed by atoms with E-state index in [1.54, 1.807) is 0 Å². The van der Waals surface area contributed by atoms with E-state index in [0.717, 1.165) is 6.42 Å². The van der Waals surface area contributed by atoms with Crippen molar-refractivity contribution in [1.82, 2.24) is 0 Å². The van der Waals surface area contributed by atoms with Crippen molar-refractivity contribution in [3.63, 3.8) is 0 Å². The number of allylic oxidation sites excluding steroid dienone is 9. The Morgan fingerprint density at radius 2 is 2.12 bits per heavy atom. The van der Waals surface area contributed by atoms with Crippen molar-refractivity contribution in [3.05, 3.63) is 59.3 Å². The highest BCUT2D eigenvalue weighted by Gasteiger charge is 2.15. The second-order valence-electron chi connectivity index (χ2n) is 4.54. The standard InChI is InChI=1S/C16H22/c1-6-7-9-12(2)15(5)16-13(3)10-8-11-14(16)4/h6-10,14H,1,11H2,2-5H3/b9-7-,15-12+. The summed E-state index contributed by atoms with van der Waals surface area (Å²) in [5.41, 5.74) is 5.65. The lowest BCUT2D eigenvalue weighted by atomic mass is 9.83. The minimum atomic E-state index is 0.636. The lowest BCUT2D eigenvalue weighted by Gasteiger charge is -2.22. The minimum Gasteiger partial charge on any atom is -0.0991 e. The summed E-state index contributed by atoms with van der Waals surface area (Å²) < 4.78 is 0. The van der Waals surface area contributed by atoms with E-state index in [9.17, 15) is 0 Å². The first-order valence-corrected chi connectivity index (χ1v) is 5.92. The van der Waals surface area contributed by atoms with Crippen molar-refractivity contribution in [2.24, 2.45) is 5.92 Å². The van der Waals surface area contributed by atoms with Gasteiger partial charge >= 0.3 is 0 Å². The highest BCUT2D eigenvalue weighted by atomic mass is 14.2. The maximum atomic E-state index is 3.70. The summed E-state index contributed by atoms with van der Waals surface area (Å²) in [6.45, 7) is 12.6. The van der Waals surface area contributed by atoms with Crippen LogP contribution in [0.5, 0.6) is 0 Å². The Labute approximate surface area is 99.8 Å². The van der Waals surface area contributed by atoms with Crippen molar-refractivity contribution in [1.29, 1.82) is 0 Å². The first kappa shape index (κ1) is 12.8. The molecule has 0 amide bonds. The highest BCUT2D eigenvalue weighted by molar-refractivity contribution is 5.46. The van der Waals surface area contributed by atoms with Crippen LogP contribution >= 0.6 is 0 Å². The summed E-state index contributed by atoms with van der Waals surface area (Å²) in [6, 6.07) is 0. The fourth-order valence-electron chi connectivity index (χ4n) is 2.26. The molecule has 0 N–H and O–H groups in total. The van der Waals surface area contributed by atoms with Crippen molar-refractivity contribution in [2.75, 3.05) is 0 Å². The molecule has 1 unspecified atom stereocenters. The van der Waals surface area contributed by atoms with E-state index in [1.165, 1.54) is 22.3 Å². The first-order valence-electron chi connectivity index (χ1n) is 5.92. The molecule has 0 aliphatic heterocycles. The van der Waals surface area contributed by atoms with Gasteiger partial charge in [-0.15, -0.1) is 0 Å². The molecule has 0 aromatic rings. The number of rotatable bonds is 3. The Hall–Kier alpha value is -1.30. The maximum Gasteiger partial charge on any atom is -0.0150 e. The lowest BCUT2D eigenvalue weighted by Crippen LogP contribution is -2.06. The Morgan fingerprint density at radius 1 is 1.44 bits per heavy atom. The van der Waals surface area contributed by atoms with Gasteiger partial charge in [0.05, 0.1) is 0 Å². The fourth-order valence-corrected chi connectivity index (χ4v) is 2.26. The van der Waals surface area contributed by atoms with E-state index in [0.29, 0.717) is 5.92 Å². The van der Waals surface area contributed by atoms with Crippen LogP contribution in [-0.4, -0.2) is 0 Å². The van der Waals surface area contributed by atoms with Gasteiger partial charge in [0, 0.05) is 0 Å². The zero-order chi connectivity index (χ0) is 12.1. The molecule has 16 heavy (non-hydrogen) atoms. The zero-order valence-electron chi connectivity index (χ0n) is 10.9. The summed E-state index contributed by atoms with van der Waals surface area (Å²) in [5.74, 6) is 0.636. The summed E-state index contributed by atoms with van der Waals surface area (Å²) in [4.78, 5) is 0. The molecule has 0 aromatic carbocycles. The normalized spacial score (nSPS) is 22.6. The monoisotopic (exact) mass is 214 g/mol. The first-order chi connectivity index (χ1) is 7.57. The molecule has 0 aromatic heterocycles. The molecule has 0 saturated carbocycles.